The molecule has 1 rings (SSSR count). The highest BCUT2D eigenvalue weighted by atomic mass is 16.7. The second-order valence-corrected chi connectivity index (χ2v) is 24.6. The maximum Gasteiger partial charge on any atom is 0.305 e. The molecule has 0 spiro atoms. The second-order valence-electron chi connectivity index (χ2n) is 24.6. The summed E-state index contributed by atoms with van der Waals surface area (Å²) in [5.74, 6) is -0.182. The Labute approximate surface area is 504 Å². The summed E-state index contributed by atoms with van der Waals surface area (Å²) in [6.07, 6.45) is 67.2. The Bertz CT molecular complexity index is 1460. The van der Waals surface area contributed by atoms with Crippen molar-refractivity contribution in [3.8, 4) is 0 Å². The summed E-state index contributed by atoms with van der Waals surface area (Å²) in [5.41, 5.74) is 0. The molecule has 7 unspecified atom stereocenters. The molecule has 1 heterocycles. The molecule has 0 bridgehead atoms. The normalized spacial score (nSPS) is 18.4. The summed E-state index contributed by atoms with van der Waals surface area (Å²) in [7, 11) is 0. The van der Waals surface area contributed by atoms with Crippen LogP contribution in [0.5, 0.6) is 0 Å². The van der Waals surface area contributed by atoms with E-state index in [1.165, 1.54) is 250 Å². The maximum atomic E-state index is 13.0. The number of amides is 1. The molecule has 0 aromatic rings. The first-order chi connectivity index (χ1) is 40.2. The van der Waals surface area contributed by atoms with Gasteiger partial charge in [-0.25, -0.2) is 0 Å². The molecule has 0 aromatic carbocycles. The molecule has 11 heteroatoms. The number of carbonyl (C=O) groups excluding carboxylic acids is 2. The highest BCUT2D eigenvalue weighted by Gasteiger charge is 2.44. The van der Waals surface area contributed by atoms with E-state index in [-0.39, 0.29) is 18.5 Å². The third-order valence-corrected chi connectivity index (χ3v) is 16.7. The first-order valence-corrected chi connectivity index (χ1v) is 35.3. The lowest BCUT2D eigenvalue weighted by molar-refractivity contribution is -0.302. The third-order valence-electron chi connectivity index (χ3n) is 16.7. The Morgan fingerprint density at radius 1 is 0.451 bits per heavy atom. The van der Waals surface area contributed by atoms with Crippen molar-refractivity contribution in [3.63, 3.8) is 0 Å². The number of carbonyl (C=O) groups is 2. The van der Waals surface area contributed by atoms with E-state index in [1.54, 1.807) is 6.08 Å². The first-order valence-electron chi connectivity index (χ1n) is 35.3. The molecule has 7 atom stereocenters. The van der Waals surface area contributed by atoms with Crippen LogP contribution in [0.3, 0.4) is 0 Å². The Kier molecular flexibility index (Phi) is 57.5. The van der Waals surface area contributed by atoms with Gasteiger partial charge < -0.3 is 45.1 Å². The van der Waals surface area contributed by atoms with Gasteiger partial charge >= 0.3 is 5.97 Å². The first kappa shape index (κ1) is 77.9. The van der Waals surface area contributed by atoms with Crippen LogP contribution in [0.1, 0.15) is 341 Å². The Hall–Kier alpha value is -2.12. The molecule has 1 fully saturated rings. The van der Waals surface area contributed by atoms with Crippen molar-refractivity contribution >= 4 is 11.9 Å². The number of aliphatic hydroxyl groups excluding tert-OH is 5. The van der Waals surface area contributed by atoms with Crippen molar-refractivity contribution < 1.29 is 49.3 Å². The van der Waals surface area contributed by atoms with Gasteiger partial charge in [0.1, 0.15) is 24.4 Å². The molecule has 1 amide bonds. The van der Waals surface area contributed by atoms with Crippen LogP contribution in [0.15, 0.2) is 36.5 Å². The molecule has 1 aliphatic rings. The summed E-state index contributed by atoms with van der Waals surface area (Å²) in [6, 6.07) is -0.806. The fourth-order valence-electron chi connectivity index (χ4n) is 11.2. The number of hydrogen-bond acceptors (Lipinski definition) is 10. The van der Waals surface area contributed by atoms with Crippen LogP contribution in [0.2, 0.25) is 0 Å². The molecule has 0 aromatic heterocycles. The molecule has 82 heavy (non-hydrogen) atoms. The topological polar surface area (TPSA) is 175 Å². The smallest absolute Gasteiger partial charge is 0.305 e. The van der Waals surface area contributed by atoms with Crippen molar-refractivity contribution in [1.29, 1.82) is 0 Å². The van der Waals surface area contributed by atoms with Gasteiger partial charge in [0.15, 0.2) is 6.29 Å². The number of nitrogens with one attached hydrogen (secondary N) is 1. The van der Waals surface area contributed by atoms with Crippen molar-refractivity contribution in [2.24, 2.45) is 0 Å². The standard InChI is InChI=1S/C71H133NO10/c1-3-5-7-9-11-13-14-15-16-33-36-39-43-47-51-55-59-67(76)80-60-56-52-48-44-40-37-34-31-29-27-25-23-21-19-17-18-20-22-24-26-28-30-32-35-38-42-46-50-54-58-66(75)72-63(64(74)57-53-49-45-41-12-10-8-6-4-2)62-81-71-70(79)69(78)68(77)65(61-73)82-71/h13-14,16,33,53,57,63-65,68-71,73-74,77-79H,3-12,15,17-32,34-52,54-56,58-62H2,1-2H3,(H,72,75)/b14-13-,33-16-,57-53+. The molecule has 6 N–H and O–H groups in total. The average molecular weight is 1160 g/mol. The largest absolute Gasteiger partial charge is 0.466 e. The number of unbranched alkanes of at least 4 members (excludes halogenated alkanes) is 44. The minimum absolute atomic E-state index is 0.00252. The minimum atomic E-state index is -1.57. The Balaban J connectivity index is 1.90. The predicted octanol–water partition coefficient (Wildman–Crippen LogP) is 17.8. The zero-order chi connectivity index (χ0) is 59.5. The summed E-state index contributed by atoms with van der Waals surface area (Å²) < 4.78 is 16.7. The van der Waals surface area contributed by atoms with Gasteiger partial charge in [-0.15, -0.1) is 0 Å². The number of hydrogen-bond donors (Lipinski definition) is 6. The fourth-order valence-corrected chi connectivity index (χ4v) is 11.2. The van der Waals surface area contributed by atoms with Crippen LogP contribution >= 0.6 is 0 Å². The van der Waals surface area contributed by atoms with Crippen LogP contribution < -0.4 is 5.32 Å². The van der Waals surface area contributed by atoms with E-state index >= 15 is 0 Å². The summed E-state index contributed by atoms with van der Waals surface area (Å²) in [5, 5.41) is 54.3. The van der Waals surface area contributed by atoms with E-state index in [2.05, 4.69) is 43.5 Å². The molecule has 0 aliphatic carbocycles. The van der Waals surface area contributed by atoms with Crippen LogP contribution in [0.4, 0.5) is 0 Å². The maximum absolute atomic E-state index is 13.0. The average Bonchev–Trinajstić information content (AvgIpc) is 3.64. The zero-order valence-electron chi connectivity index (χ0n) is 53.5. The van der Waals surface area contributed by atoms with E-state index in [1.807, 2.05) is 6.08 Å². The van der Waals surface area contributed by atoms with E-state index in [0.29, 0.717) is 19.4 Å². The number of aliphatic hydroxyl groups is 5. The third kappa shape index (κ3) is 49.0. The van der Waals surface area contributed by atoms with E-state index in [0.717, 1.165) is 64.2 Å². The van der Waals surface area contributed by atoms with Gasteiger partial charge in [-0.2, -0.15) is 0 Å². The molecule has 0 saturated carbocycles. The van der Waals surface area contributed by atoms with Crippen molar-refractivity contribution in [3.05, 3.63) is 36.5 Å². The summed E-state index contributed by atoms with van der Waals surface area (Å²) >= 11 is 0. The van der Waals surface area contributed by atoms with Gasteiger partial charge in [0.2, 0.25) is 5.91 Å². The molecule has 482 valence electrons. The minimum Gasteiger partial charge on any atom is -0.466 e. The van der Waals surface area contributed by atoms with Crippen LogP contribution in [-0.4, -0.2) is 100 Å². The molecular weight excluding hydrogens is 1030 g/mol. The number of ether oxygens (including phenoxy) is 3. The van der Waals surface area contributed by atoms with Gasteiger partial charge in [-0.3, -0.25) is 9.59 Å². The summed E-state index contributed by atoms with van der Waals surface area (Å²) in [4.78, 5) is 25.1. The number of rotatable bonds is 62. The SMILES string of the molecule is CCCCCC/C=C\C/C=C\CCCCCCCC(=O)OCCCCCCCCCCCCCCCCCCCCCCCCCCCCCCCC(=O)NC(COC1OC(CO)C(O)C(O)C1O)C(O)/C=C/CCCCCCCCC. The van der Waals surface area contributed by atoms with Crippen LogP contribution in [0.25, 0.3) is 0 Å². The monoisotopic (exact) mass is 1160 g/mol. The van der Waals surface area contributed by atoms with Crippen molar-refractivity contribution in [2.75, 3.05) is 19.8 Å². The van der Waals surface area contributed by atoms with Gasteiger partial charge in [0.05, 0.1) is 32.0 Å². The lowest BCUT2D eigenvalue weighted by Crippen LogP contribution is -2.60. The Morgan fingerprint density at radius 2 is 0.817 bits per heavy atom. The fraction of sp³-hybridized carbons (Fsp3) is 0.887. The lowest BCUT2D eigenvalue weighted by atomic mass is 9.99. The highest BCUT2D eigenvalue weighted by molar-refractivity contribution is 5.76. The van der Waals surface area contributed by atoms with Gasteiger partial charge in [0, 0.05) is 12.8 Å². The second kappa shape index (κ2) is 60.6. The molecule has 11 nitrogen and oxygen atoms in total. The zero-order valence-corrected chi connectivity index (χ0v) is 53.5. The molecule has 1 saturated heterocycles. The van der Waals surface area contributed by atoms with Crippen LogP contribution in [0, 0.1) is 0 Å². The van der Waals surface area contributed by atoms with Crippen molar-refractivity contribution in [2.45, 2.75) is 384 Å². The van der Waals surface area contributed by atoms with E-state index < -0.39 is 49.5 Å². The highest BCUT2D eigenvalue weighted by Crippen LogP contribution is 2.23. The lowest BCUT2D eigenvalue weighted by Gasteiger charge is -2.40. The summed E-state index contributed by atoms with van der Waals surface area (Å²) in [6.45, 7) is 4.32. The van der Waals surface area contributed by atoms with Gasteiger partial charge in [0.25, 0.3) is 0 Å². The van der Waals surface area contributed by atoms with Crippen LogP contribution in [-0.2, 0) is 23.8 Å². The van der Waals surface area contributed by atoms with E-state index in [9.17, 15) is 35.1 Å². The predicted molar refractivity (Wildman–Crippen MR) is 343 cm³/mol. The molecule has 0 radical (unpaired) electrons. The molecule has 1 aliphatic heterocycles. The molecular formula is C71H133NO10. The van der Waals surface area contributed by atoms with Crippen molar-refractivity contribution in [1.82, 2.24) is 5.32 Å². The number of allylic oxidation sites excluding steroid dienone is 5. The van der Waals surface area contributed by atoms with E-state index in [4.69, 9.17) is 14.2 Å². The van der Waals surface area contributed by atoms with Gasteiger partial charge in [-0.1, -0.05) is 301 Å². The van der Waals surface area contributed by atoms with Gasteiger partial charge in [-0.05, 0) is 64.2 Å². The number of esters is 1. The quantitative estimate of drug-likeness (QED) is 0.0195. The Morgan fingerprint density at radius 3 is 1.24 bits per heavy atom.